The zero-order valence-corrected chi connectivity index (χ0v) is 13.1. The zero-order valence-electron chi connectivity index (χ0n) is 13.1. The Morgan fingerprint density at radius 1 is 1.30 bits per heavy atom. The maximum Gasteiger partial charge on any atom is 0.119 e. The topological polar surface area (TPSA) is 64.9 Å². The number of imidazole rings is 1. The molecule has 1 aliphatic carbocycles. The van der Waals surface area contributed by atoms with Crippen LogP contribution in [-0.2, 0) is 12.0 Å². The van der Waals surface area contributed by atoms with Gasteiger partial charge in [0, 0.05) is 25.2 Å². The molecule has 23 heavy (non-hydrogen) atoms. The van der Waals surface area contributed by atoms with Crippen molar-refractivity contribution in [1.82, 2.24) is 14.9 Å². The number of aromatic nitrogens is 2. The Hall–Kier alpha value is -2.32. The highest BCUT2D eigenvalue weighted by atomic mass is 16.5. The van der Waals surface area contributed by atoms with Gasteiger partial charge < -0.3 is 9.72 Å². The normalized spacial score (nSPS) is 18.9. The third-order valence-electron chi connectivity index (χ3n) is 5.19. The summed E-state index contributed by atoms with van der Waals surface area (Å²) in [5, 5.41) is 8.82. The minimum Gasteiger partial charge on any atom is -0.492 e. The van der Waals surface area contributed by atoms with E-state index in [2.05, 4.69) is 20.9 Å². The number of H-pyrrole nitrogens is 1. The number of benzene rings is 1. The molecule has 5 nitrogen and oxygen atoms in total. The average molecular weight is 308 g/mol. The second-order valence-electron chi connectivity index (χ2n) is 6.34. The van der Waals surface area contributed by atoms with Crippen LogP contribution in [0.4, 0.5) is 0 Å². The zero-order chi connectivity index (χ0) is 15.7. The molecule has 1 spiro atoms. The first-order valence-electron chi connectivity index (χ1n) is 8.22. The Morgan fingerprint density at radius 2 is 2.13 bits per heavy atom. The molecule has 118 valence electrons. The summed E-state index contributed by atoms with van der Waals surface area (Å²) in [6.07, 6.45) is 6.54. The Balaban J connectivity index is 1.40. The van der Waals surface area contributed by atoms with E-state index in [1.165, 1.54) is 30.7 Å². The molecular formula is C18H20N4O. The van der Waals surface area contributed by atoms with Gasteiger partial charge in [0.15, 0.2) is 0 Å². The Morgan fingerprint density at radius 3 is 2.83 bits per heavy atom. The van der Waals surface area contributed by atoms with Gasteiger partial charge in [0.1, 0.15) is 12.4 Å². The van der Waals surface area contributed by atoms with Crippen molar-refractivity contribution in [2.75, 3.05) is 19.7 Å². The second kappa shape index (κ2) is 5.71. The molecule has 1 fully saturated rings. The minimum absolute atomic E-state index is 0.140. The molecule has 0 radical (unpaired) electrons. The number of fused-ring (bicyclic) bond motifs is 2. The number of hydrogen-bond acceptors (Lipinski definition) is 4. The Bertz CT molecular complexity index is 724. The molecule has 1 aromatic heterocycles. The Kier molecular flexibility index (Phi) is 3.55. The number of nitrogens with zero attached hydrogens (tertiary/aromatic N) is 3. The molecule has 0 unspecified atom stereocenters. The van der Waals surface area contributed by atoms with Crippen molar-refractivity contribution < 1.29 is 4.74 Å². The summed E-state index contributed by atoms with van der Waals surface area (Å²) in [7, 11) is 0. The van der Waals surface area contributed by atoms with Crippen molar-refractivity contribution in [2.24, 2.45) is 0 Å². The van der Waals surface area contributed by atoms with Gasteiger partial charge in [-0.1, -0.05) is 0 Å². The van der Waals surface area contributed by atoms with Crippen LogP contribution in [0.25, 0.3) is 0 Å². The average Bonchev–Trinajstić information content (AvgIpc) is 3.02. The lowest BCUT2D eigenvalue weighted by Crippen LogP contribution is -2.56. The summed E-state index contributed by atoms with van der Waals surface area (Å²) in [6, 6.07) is 9.43. The summed E-state index contributed by atoms with van der Waals surface area (Å²) < 4.78 is 5.86. The Labute approximate surface area is 135 Å². The van der Waals surface area contributed by atoms with Crippen molar-refractivity contribution >= 4 is 0 Å². The van der Waals surface area contributed by atoms with E-state index >= 15 is 0 Å². The van der Waals surface area contributed by atoms with E-state index in [0.717, 1.165) is 25.3 Å². The van der Waals surface area contributed by atoms with Gasteiger partial charge >= 0.3 is 0 Å². The monoisotopic (exact) mass is 308 g/mol. The number of nitriles is 1. The fourth-order valence-electron chi connectivity index (χ4n) is 3.81. The van der Waals surface area contributed by atoms with Crippen LogP contribution in [0.15, 0.2) is 30.6 Å². The number of aromatic amines is 1. The first kappa shape index (κ1) is 14.3. The third-order valence-corrected chi connectivity index (χ3v) is 5.19. The van der Waals surface area contributed by atoms with Crippen molar-refractivity contribution in [1.29, 1.82) is 5.26 Å². The van der Waals surface area contributed by atoms with E-state index in [1.807, 2.05) is 18.5 Å². The van der Waals surface area contributed by atoms with Gasteiger partial charge in [-0.2, -0.15) is 5.26 Å². The predicted molar refractivity (Wildman–Crippen MR) is 86.0 cm³/mol. The molecule has 1 aromatic carbocycles. The van der Waals surface area contributed by atoms with Crippen LogP contribution in [0.1, 0.15) is 36.2 Å². The molecule has 2 aromatic rings. The van der Waals surface area contributed by atoms with Gasteiger partial charge in [0.25, 0.3) is 0 Å². The van der Waals surface area contributed by atoms with Crippen molar-refractivity contribution in [3.63, 3.8) is 0 Å². The summed E-state index contributed by atoms with van der Waals surface area (Å²) in [6.45, 7) is 2.63. The highest BCUT2D eigenvalue weighted by molar-refractivity contribution is 5.34. The summed E-state index contributed by atoms with van der Waals surface area (Å²) in [5.74, 6) is 0.823. The fourth-order valence-corrected chi connectivity index (χ4v) is 3.81. The fraction of sp³-hybridized carbons (Fsp3) is 0.444. The minimum atomic E-state index is 0.140. The SMILES string of the molecule is N#Cc1ccc(OCCN2CCc3[nH]cnc3C23CCC3)cc1. The standard InChI is InChI=1S/C18H20N4O/c19-12-14-2-4-15(5-3-14)23-11-10-22-9-6-16-17(21-13-20-16)18(22)7-1-8-18/h2-5,13H,1,6-11H2,(H,20,21). The van der Waals surface area contributed by atoms with E-state index in [9.17, 15) is 0 Å². The quantitative estimate of drug-likeness (QED) is 0.943. The van der Waals surface area contributed by atoms with E-state index in [0.29, 0.717) is 12.2 Å². The number of ether oxygens (including phenoxy) is 1. The van der Waals surface area contributed by atoms with E-state index in [-0.39, 0.29) is 5.54 Å². The van der Waals surface area contributed by atoms with E-state index < -0.39 is 0 Å². The number of rotatable bonds is 4. The summed E-state index contributed by atoms with van der Waals surface area (Å²) in [4.78, 5) is 10.4. The van der Waals surface area contributed by atoms with E-state index in [1.54, 1.807) is 12.1 Å². The maximum absolute atomic E-state index is 8.82. The van der Waals surface area contributed by atoms with Crippen LogP contribution in [0.5, 0.6) is 5.75 Å². The van der Waals surface area contributed by atoms with Crippen LogP contribution in [0, 0.1) is 11.3 Å². The number of nitrogens with one attached hydrogen (secondary N) is 1. The molecule has 2 heterocycles. The molecule has 0 saturated heterocycles. The van der Waals surface area contributed by atoms with Gasteiger partial charge in [-0.15, -0.1) is 0 Å². The van der Waals surface area contributed by atoms with Gasteiger partial charge in [0.2, 0.25) is 0 Å². The van der Waals surface area contributed by atoms with Gasteiger partial charge in [-0.3, -0.25) is 4.90 Å². The summed E-state index contributed by atoms with van der Waals surface area (Å²) >= 11 is 0. The highest BCUT2D eigenvalue weighted by Crippen LogP contribution is 2.48. The highest BCUT2D eigenvalue weighted by Gasteiger charge is 2.48. The number of hydrogen-bond donors (Lipinski definition) is 1. The van der Waals surface area contributed by atoms with Crippen LogP contribution in [-0.4, -0.2) is 34.6 Å². The molecule has 2 aliphatic rings. The first-order valence-corrected chi connectivity index (χ1v) is 8.22. The molecule has 0 bridgehead atoms. The first-order chi connectivity index (χ1) is 11.3. The van der Waals surface area contributed by atoms with Crippen LogP contribution >= 0.6 is 0 Å². The second-order valence-corrected chi connectivity index (χ2v) is 6.34. The molecule has 1 aliphatic heterocycles. The maximum atomic E-state index is 8.82. The molecule has 0 atom stereocenters. The molecule has 1 saturated carbocycles. The molecule has 0 amide bonds. The lowest BCUT2D eigenvalue weighted by atomic mass is 9.70. The lowest BCUT2D eigenvalue weighted by Gasteiger charge is -2.52. The largest absolute Gasteiger partial charge is 0.492 e. The lowest BCUT2D eigenvalue weighted by molar-refractivity contribution is -0.00942. The molecule has 1 N–H and O–H groups in total. The molecule has 5 heteroatoms. The van der Waals surface area contributed by atoms with Crippen LogP contribution in [0.2, 0.25) is 0 Å². The van der Waals surface area contributed by atoms with Gasteiger partial charge in [-0.25, -0.2) is 4.98 Å². The van der Waals surface area contributed by atoms with Crippen molar-refractivity contribution in [3.8, 4) is 11.8 Å². The van der Waals surface area contributed by atoms with Crippen LogP contribution < -0.4 is 4.74 Å². The predicted octanol–water partition coefficient (Wildman–Crippen LogP) is 2.60. The van der Waals surface area contributed by atoms with Crippen molar-refractivity contribution in [2.45, 2.75) is 31.2 Å². The molecular weight excluding hydrogens is 288 g/mol. The summed E-state index contributed by atoms with van der Waals surface area (Å²) in [5.41, 5.74) is 3.37. The smallest absolute Gasteiger partial charge is 0.119 e. The van der Waals surface area contributed by atoms with Crippen LogP contribution in [0.3, 0.4) is 0 Å². The van der Waals surface area contributed by atoms with Gasteiger partial charge in [0.05, 0.1) is 29.2 Å². The third kappa shape index (κ3) is 2.40. The van der Waals surface area contributed by atoms with Crippen molar-refractivity contribution in [3.05, 3.63) is 47.5 Å². The molecule has 4 rings (SSSR count). The van der Waals surface area contributed by atoms with E-state index in [4.69, 9.17) is 10.00 Å². The van der Waals surface area contributed by atoms with Gasteiger partial charge in [-0.05, 0) is 43.5 Å².